The van der Waals surface area contributed by atoms with E-state index < -0.39 is 28.1 Å². The predicted octanol–water partition coefficient (Wildman–Crippen LogP) is 5.24. The maximum absolute atomic E-state index is 14.4. The van der Waals surface area contributed by atoms with Gasteiger partial charge in [0.1, 0.15) is 9.96 Å². The van der Waals surface area contributed by atoms with Crippen LogP contribution in [0.3, 0.4) is 0 Å². The summed E-state index contributed by atoms with van der Waals surface area (Å²) < 4.78 is 52.1. The molecule has 266 valence electrons. The van der Waals surface area contributed by atoms with Gasteiger partial charge in [-0.3, -0.25) is 9.52 Å². The summed E-state index contributed by atoms with van der Waals surface area (Å²) in [6.07, 6.45) is 1.56. The van der Waals surface area contributed by atoms with Gasteiger partial charge in [0.25, 0.3) is 15.9 Å². The van der Waals surface area contributed by atoms with Crippen molar-refractivity contribution in [3.8, 4) is 17.2 Å². The molecule has 0 unspecified atom stereocenters. The molecule has 0 fully saturated rings. The number of hydrogen-bond donors (Lipinski definition) is 3. The summed E-state index contributed by atoms with van der Waals surface area (Å²) in [6.45, 7) is 6.29. The number of likely N-dealkylation sites (N-methyl/N-ethyl adjacent to an activating group) is 1. The minimum atomic E-state index is -3.87. The van der Waals surface area contributed by atoms with E-state index in [1.54, 1.807) is 60.6 Å². The standard InChI is InChI=1S/C34H44N4O9S2/c1-22-18-38(23(2)20-39)33(40)27-16-26(36-49(42,43)32-9-7-15-48-32)11-12-28(27)47-24(3)8-5-6-14-44-31(22)19-37(4)34(41)35-25-10-13-29-30(17-25)46-21-45-29/h7,9-13,15-17,22-24,31,36,39H,5-6,8,14,18-21H2,1-4H3,(H,35,41)/t22-,23+,24-,31+/m1/s1. The Labute approximate surface area is 291 Å². The van der Waals surface area contributed by atoms with Gasteiger partial charge >= 0.3 is 6.03 Å². The smallest absolute Gasteiger partial charge is 0.321 e. The van der Waals surface area contributed by atoms with Crippen molar-refractivity contribution in [1.82, 2.24) is 9.80 Å². The van der Waals surface area contributed by atoms with Crippen molar-refractivity contribution in [2.24, 2.45) is 5.92 Å². The summed E-state index contributed by atoms with van der Waals surface area (Å²) in [5.41, 5.74) is 0.931. The molecule has 2 aliphatic heterocycles. The molecule has 0 aliphatic carbocycles. The maximum Gasteiger partial charge on any atom is 0.321 e. The molecule has 0 saturated carbocycles. The number of carbonyl (C=O) groups is 2. The fourth-order valence-electron chi connectivity index (χ4n) is 5.62. The van der Waals surface area contributed by atoms with Gasteiger partial charge in [0, 0.05) is 50.1 Å². The number of carbonyl (C=O) groups excluding carboxylic acids is 2. The average Bonchev–Trinajstić information content (AvgIpc) is 3.79. The van der Waals surface area contributed by atoms with Gasteiger partial charge < -0.3 is 39.2 Å². The van der Waals surface area contributed by atoms with E-state index in [9.17, 15) is 23.1 Å². The lowest BCUT2D eigenvalue weighted by molar-refractivity contribution is -0.0115. The molecule has 1 aromatic heterocycles. The second kappa shape index (κ2) is 16.1. The lowest BCUT2D eigenvalue weighted by Gasteiger charge is -2.35. The predicted molar refractivity (Wildman–Crippen MR) is 186 cm³/mol. The van der Waals surface area contributed by atoms with Gasteiger partial charge in [-0.05, 0) is 74.9 Å². The van der Waals surface area contributed by atoms with Gasteiger partial charge in [0.15, 0.2) is 11.5 Å². The average molecular weight is 717 g/mol. The molecule has 5 rings (SSSR count). The Kier molecular flexibility index (Phi) is 11.9. The van der Waals surface area contributed by atoms with Crippen LogP contribution >= 0.6 is 11.3 Å². The first-order valence-corrected chi connectivity index (χ1v) is 18.6. The van der Waals surface area contributed by atoms with E-state index in [1.165, 1.54) is 17.0 Å². The van der Waals surface area contributed by atoms with E-state index in [0.717, 1.165) is 24.2 Å². The van der Waals surface area contributed by atoms with Crippen LogP contribution in [-0.4, -0.2) is 93.7 Å². The molecule has 0 spiro atoms. The zero-order valence-electron chi connectivity index (χ0n) is 28.1. The normalized spacial score (nSPS) is 20.8. The van der Waals surface area contributed by atoms with E-state index in [4.69, 9.17) is 18.9 Å². The van der Waals surface area contributed by atoms with Gasteiger partial charge in [-0.25, -0.2) is 13.2 Å². The molecular weight excluding hydrogens is 673 g/mol. The molecule has 13 nitrogen and oxygen atoms in total. The number of urea groups is 1. The highest BCUT2D eigenvalue weighted by Gasteiger charge is 2.31. The van der Waals surface area contributed by atoms with Crippen LogP contribution in [0.1, 0.15) is 50.4 Å². The van der Waals surface area contributed by atoms with Crippen molar-refractivity contribution in [3.63, 3.8) is 0 Å². The Balaban J connectivity index is 1.38. The minimum absolute atomic E-state index is 0.130. The highest BCUT2D eigenvalue weighted by molar-refractivity contribution is 7.94. The number of thiophene rings is 1. The first-order chi connectivity index (χ1) is 23.4. The summed E-state index contributed by atoms with van der Waals surface area (Å²) in [7, 11) is -2.19. The van der Waals surface area contributed by atoms with Gasteiger partial charge in [-0.1, -0.05) is 13.0 Å². The Bertz CT molecular complexity index is 1700. The van der Waals surface area contributed by atoms with Crippen LogP contribution in [-0.2, 0) is 14.8 Å². The molecule has 2 aliphatic rings. The third-order valence-corrected chi connectivity index (χ3v) is 11.3. The number of ether oxygens (including phenoxy) is 4. The summed E-state index contributed by atoms with van der Waals surface area (Å²) in [5, 5.41) is 14.8. The zero-order valence-corrected chi connectivity index (χ0v) is 29.7. The Morgan fingerprint density at radius 2 is 1.84 bits per heavy atom. The van der Waals surface area contributed by atoms with Crippen molar-refractivity contribution < 1.29 is 42.1 Å². The fraction of sp³-hybridized carbons (Fsp3) is 0.471. The molecule has 3 N–H and O–H groups in total. The van der Waals surface area contributed by atoms with Crippen LogP contribution in [0.2, 0.25) is 0 Å². The van der Waals surface area contributed by atoms with E-state index in [2.05, 4.69) is 10.0 Å². The third-order valence-electron chi connectivity index (χ3n) is 8.49. The topological polar surface area (TPSA) is 156 Å². The molecule has 15 heteroatoms. The van der Waals surface area contributed by atoms with Crippen molar-refractivity contribution in [1.29, 1.82) is 0 Å². The van der Waals surface area contributed by atoms with E-state index >= 15 is 0 Å². The monoisotopic (exact) mass is 716 g/mol. The van der Waals surface area contributed by atoms with Gasteiger partial charge in [0.2, 0.25) is 6.79 Å². The highest BCUT2D eigenvalue weighted by Crippen LogP contribution is 2.34. The van der Waals surface area contributed by atoms with Crippen LogP contribution in [0.15, 0.2) is 58.1 Å². The maximum atomic E-state index is 14.4. The number of aliphatic hydroxyl groups excluding tert-OH is 1. The summed E-state index contributed by atoms with van der Waals surface area (Å²) >= 11 is 1.09. The summed E-state index contributed by atoms with van der Waals surface area (Å²) in [4.78, 5) is 30.7. The summed E-state index contributed by atoms with van der Waals surface area (Å²) in [6, 6.07) is 12.1. The van der Waals surface area contributed by atoms with Crippen LogP contribution in [0.25, 0.3) is 0 Å². The van der Waals surface area contributed by atoms with Crippen LogP contribution < -0.4 is 24.2 Å². The highest BCUT2D eigenvalue weighted by atomic mass is 32.2. The fourth-order valence-corrected chi connectivity index (χ4v) is 7.66. The van der Waals surface area contributed by atoms with Crippen LogP contribution in [0, 0.1) is 5.92 Å². The van der Waals surface area contributed by atoms with Gasteiger partial charge in [0.05, 0.1) is 30.4 Å². The van der Waals surface area contributed by atoms with Crippen molar-refractivity contribution in [2.75, 3.05) is 50.2 Å². The van der Waals surface area contributed by atoms with Gasteiger partial charge in [-0.15, -0.1) is 11.3 Å². The second-order valence-corrected chi connectivity index (χ2v) is 15.3. The molecule has 3 amide bonds. The largest absolute Gasteiger partial charge is 0.490 e. The van der Waals surface area contributed by atoms with Crippen molar-refractivity contribution in [2.45, 2.75) is 62.5 Å². The van der Waals surface area contributed by atoms with Gasteiger partial charge in [-0.2, -0.15) is 0 Å². The molecule has 0 radical (unpaired) electrons. The number of nitrogens with zero attached hydrogens (tertiary/aromatic N) is 2. The lowest BCUT2D eigenvalue weighted by atomic mass is 10.0. The molecule has 2 aromatic carbocycles. The van der Waals surface area contributed by atoms with E-state index in [-0.39, 0.29) is 60.0 Å². The number of anilines is 2. The Morgan fingerprint density at radius 3 is 2.59 bits per heavy atom. The number of amides is 3. The number of hydrogen-bond acceptors (Lipinski definition) is 10. The molecular formula is C34H44N4O9S2. The Morgan fingerprint density at radius 1 is 1.08 bits per heavy atom. The SMILES string of the molecule is C[C@@H]1CCCCO[C@@H](CN(C)C(=O)Nc2ccc3c(c2)OCO3)[C@H](C)CN([C@@H](C)CO)C(=O)c2cc(NS(=O)(=O)c3cccs3)ccc2O1. The minimum Gasteiger partial charge on any atom is -0.490 e. The molecule has 49 heavy (non-hydrogen) atoms. The first-order valence-electron chi connectivity index (χ1n) is 16.3. The van der Waals surface area contributed by atoms with E-state index in [0.29, 0.717) is 36.0 Å². The van der Waals surface area contributed by atoms with Crippen molar-refractivity contribution in [3.05, 3.63) is 59.5 Å². The van der Waals surface area contributed by atoms with Crippen molar-refractivity contribution >= 4 is 44.7 Å². The number of nitrogens with one attached hydrogen (secondary N) is 2. The molecule has 4 atom stereocenters. The number of aliphatic hydroxyl groups is 1. The zero-order chi connectivity index (χ0) is 35.1. The molecule has 0 bridgehead atoms. The summed E-state index contributed by atoms with van der Waals surface area (Å²) in [5.74, 6) is 0.788. The molecule has 3 heterocycles. The second-order valence-electron chi connectivity index (χ2n) is 12.4. The number of rotatable bonds is 8. The molecule has 3 aromatic rings. The Hall–Kier alpha value is -4.05. The van der Waals surface area contributed by atoms with E-state index in [1.807, 2.05) is 13.8 Å². The molecule has 0 saturated heterocycles. The first kappa shape index (κ1) is 36.2. The van der Waals surface area contributed by atoms with Crippen LogP contribution in [0.4, 0.5) is 16.2 Å². The number of sulfonamides is 1. The number of fused-ring (bicyclic) bond motifs is 2. The van der Waals surface area contributed by atoms with Crippen LogP contribution in [0.5, 0.6) is 17.2 Å². The quantitative estimate of drug-likeness (QED) is 0.284. The third kappa shape index (κ3) is 9.15. The number of benzene rings is 2. The lowest BCUT2D eigenvalue weighted by Crippen LogP contribution is -2.48.